The largest absolute Gasteiger partial charge is 0.484 e. The Morgan fingerprint density at radius 1 is 0.968 bits per heavy atom. The normalized spacial score (nSPS) is 11.1. The van der Waals surface area contributed by atoms with Gasteiger partial charge in [0, 0.05) is 17.3 Å². The molecule has 162 valence electrons. The number of amides is 1. The number of halogens is 1. The Kier molecular flexibility index (Phi) is 7.20. The Bertz CT molecular complexity index is 1160. The van der Waals surface area contributed by atoms with Gasteiger partial charge in [-0.15, -0.1) is 0 Å². The van der Waals surface area contributed by atoms with Crippen molar-refractivity contribution in [2.75, 3.05) is 11.3 Å². The Balaban J connectivity index is 1.57. The molecule has 0 saturated carbocycles. The quantitative estimate of drug-likeness (QED) is 0.522. The number of ether oxygens (including phenoxy) is 1. The first kappa shape index (κ1) is 22.7. The number of sulfonamides is 1. The predicted molar refractivity (Wildman–Crippen MR) is 122 cm³/mol. The van der Waals surface area contributed by atoms with E-state index in [9.17, 15) is 13.2 Å². The first-order chi connectivity index (χ1) is 14.7. The van der Waals surface area contributed by atoms with E-state index in [1.54, 1.807) is 37.3 Å². The van der Waals surface area contributed by atoms with Gasteiger partial charge in [0.25, 0.3) is 15.9 Å². The van der Waals surface area contributed by atoms with Crippen molar-refractivity contribution in [2.24, 2.45) is 0 Å². The van der Waals surface area contributed by atoms with Crippen LogP contribution in [0.25, 0.3) is 0 Å². The molecule has 0 fully saturated rings. The molecule has 0 spiro atoms. The third-order valence-electron chi connectivity index (χ3n) is 4.52. The third-order valence-corrected chi connectivity index (χ3v) is 6.15. The summed E-state index contributed by atoms with van der Waals surface area (Å²) in [6.45, 7) is 3.84. The minimum atomic E-state index is -3.73. The van der Waals surface area contributed by atoms with Gasteiger partial charge in [-0.1, -0.05) is 41.4 Å². The highest BCUT2D eigenvalue weighted by atomic mass is 35.5. The lowest BCUT2D eigenvalue weighted by molar-refractivity contribution is -0.123. The molecule has 31 heavy (non-hydrogen) atoms. The Labute approximate surface area is 187 Å². The standard InChI is InChI=1S/C23H23ClN2O4S/c1-16-3-9-20(10-4-16)26-31(28,29)21-11-12-22(17(2)13-21)30-15-23(27)25-14-18-5-7-19(24)8-6-18/h3-13,26H,14-15H2,1-2H3,(H,25,27). The van der Waals surface area contributed by atoms with Crippen LogP contribution in [0.4, 0.5) is 5.69 Å². The van der Waals surface area contributed by atoms with Crippen molar-refractivity contribution >= 4 is 33.2 Å². The van der Waals surface area contributed by atoms with Crippen molar-refractivity contribution in [3.8, 4) is 5.75 Å². The van der Waals surface area contributed by atoms with Gasteiger partial charge in [-0.3, -0.25) is 9.52 Å². The molecular weight excluding hydrogens is 436 g/mol. The van der Waals surface area contributed by atoms with E-state index in [2.05, 4.69) is 10.0 Å². The van der Waals surface area contributed by atoms with Gasteiger partial charge < -0.3 is 10.1 Å². The SMILES string of the molecule is Cc1ccc(NS(=O)(=O)c2ccc(OCC(=O)NCc3ccc(Cl)cc3)c(C)c2)cc1. The topological polar surface area (TPSA) is 84.5 Å². The van der Waals surface area contributed by atoms with Crippen LogP contribution in [-0.2, 0) is 21.4 Å². The zero-order chi connectivity index (χ0) is 22.4. The van der Waals surface area contributed by atoms with Crippen molar-refractivity contribution in [1.82, 2.24) is 5.32 Å². The summed E-state index contributed by atoms with van der Waals surface area (Å²) in [6.07, 6.45) is 0. The molecule has 0 bridgehead atoms. The first-order valence-corrected chi connectivity index (χ1v) is 11.4. The predicted octanol–water partition coefficient (Wildman–Crippen LogP) is 4.45. The molecule has 0 radical (unpaired) electrons. The summed E-state index contributed by atoms with van der Waals surface area (Å²) in [7, 11) is -3.73. The fourth-order valence-electron chi connectivity index (χ4n) is 2.78. The van der Waals surface area contributed by atoms with E-state index >= 15 is 0 Å². The fourth-order valence-corrected chi connectivity index (χ4v) is 4.05. The van der Waals surface area contributed by atoms with Crippen LogP contribution in [0.2, 0.25) is 5.02 Å². The molecule has 0 unspecified atom stereocenters. The van der Waals surface area contributed by atoms with Crippen LogP contribution < -0.4 is 14.8 Å². The van der Waals surface area contributed by atoms with E-state index in [4.69, 9.17) is 16.3 Å². The van der Waals surface area contributed by atoms with Crippen LogP contribution in [0, 0.1) is 13.8 Å². The van der Waals surface area contributed by atoms with Gasteiger partial charge >= 0.3 is 0 Å². The zero-order valence-corrected chi connectivity index (χ0v) is 18.8. The minimum absolute atomic E-state index is 0.116. The van der Waals surface area contributed by atoms with Crippen molar-refractivity contribution < 1.29 is 17.9 Å². The molecule has 0 aliphatic carbocycles. The molecule has 8 heteroatoms. The zero-order valence-electron chi connectivity index (χ0n) is 17.2. The van der Waals surface area contributed by atoms with E-state index in [1.807, 2.05) is 31.2 Å². The second kappa shape index (κ2) is 9.85. The maximum Gasteiger partial charge on any atom is 0.261 e. The molecule has 1 amide bonds. The molecule has 2 N–H and O–H groups in total. The molecule has 0 aliphatic heterocycles. The number of aryl methyl sites for hydroxylation is 2. The Hall–Kier alpha value is -3.03. The van der Waals surface area contributed by atoms with E-state index in [1.165, 1.54) is 12.1 Å². The summed E-state index contributed by atoms with van der Waals surface area (Å²) < 4.78 is 33.4. The van der Waals surface area contributed by atoms with Gasteiger partial charge in [0.05, 0.1) is 4.90 Å². The molecule has 3 aromatic carbocycles. The smallest absolute Gasteiger partial charge is 0.261 e. The maximum atomic E-state index is 12.6. The van der Waals surface area contributed by atoms with Gasteiger partial charge in [0.15, 0.2) is 6.61 Å². The average Bonchev–Trinajstić information content (AvgIpc) is 2.74. The van der Waals surface area contributed by atoms with Crippen LogP contribution in [0.15, 0.2) is 71.6 Å². The summed E-state index contributed by atoms with van der Waals surface area (Å²) in [5, 5.41) is 3.39. The molecule has 6 nitrogen and oxygen atoms in total. The van der Waals surface area contributed by atoms with E-state index < -0.39 is 10.0 Å². The average molecular weight is 459 g/mol. The van der Waals surface area contributed by atoms with Gasteiger partial charge in [-0.2, -0.15) is 0 Å². The van der Waals surface area contributed by atoms with Crippen molar-refractivity contribution in [3.63, 3.8) is 0 Å². The third kappa shape index (κ3) is 6.47. The van der Waals surface area contributed by atoms with Crippen LogP contribution >= 0.6 is 11.6 Å². The number of benzene rings is 3. The highest BCUT2D eigenvalue weighted by Crippen LogP contribution is 2.23. The summed E-state index contributed by atoms with van der Waals surface area (Å²) in [5.74, 6) is 0.156. The summed E-state index contributed by atoms with van der Waals surface area (Å²) in [5.41, 5.74) is 3.06. The van der Waals surface area contributed by atoms with Crippen LogP contribution in [-0.4, -0.2) is 20.9 Å². The number of carbonyl (C=O) groups is 1. The van der Waals surface area contributed by atoms with E-state index in [0.717, 1.165) is 11.1 Å². The van der Waals surface area contributed by atoms with Gasteiger partial charge in [-0.25, -0.2) is 8.42 Å². The van der Waals surface area contributed by atoms with Crippen molar-refractivity contribution in [2.45, 2.75) is 25.3 Å². The number of anilines is 1. The molecule has 0 aromatic heterocycles. The maximum absolute atomic E-state index is 12.6. The lowest BCUT2D eigenvalue weighted by Gasteiger charge is -2.12. The van der Waals surface area contributed by atoms with Crippen molar-refractivity contribution in [1.29, 1.82) is 0 Å². The summed E-state index contributed by atoms with van der Waals surface area (Å²) >= 11 is 5.84. The summed E-state index contributed by atoms with van der Waals surface area (Å²) in [4.78, 5) is 12.2. The molecule has 0 heterocycles. The fraction of sp³-hybridized carbons (Fsp3) is 0.174. The molecule has 0 atom stereocenters. The van der Waals surface area contributed by atoms with Crippen LogP contribution in [0.5, 0.6) is 5.75 Å². The van der Waals surface area contributed by atoms with Gasteiger partial charge in [-0.05, 0) is 67.4 Å². The molecule has 0 saturated heterocycles. The highest BCUT2D eigenvalue weighted by molar-refractivity contribution is 7.92. The number of nitrogens with one attached hydrogen (secondary N) is 2. The molecule has 0 aliphatic rings. The van der Waals surface area contributed by atoms with Crippen molar-refractivity contribution in [3.05, 3.63) is 88.4 Å². The highest BCUT2D eigenvalue weighted by Gasteiger charge is 2.16. The van der Waals surface area contributed by atoms with Gasteiger partial charge in [0.1, 0.15) is 5.75 Å². The molecule has 3 aromatic rings. The minimum Gasteiger partial charge on any atom is -0.484 e. The number of hydrogen-bond acceptors (Lipinski definition) is 4. The Morgan fingerprint density at radius 2 is 1.65 bits per heavy atom. The second-order valence-electron chi connectivity index (χ2n) is 7.09. The van der Waals surface area contributed by atoms with Crippen LogP contribution in [0.1, 0.15) is 16.7 Å². The number of hydrogen-bond donors (Lipinski definition) is 2. The molecule has 3 rings (SSSR count). The van der Waals surface area contributed by atoms with Gasteiger partial charge in [0.2, 0.25) is 0 Å². The lowest BCUT2D eigenvalue weighted by Crippen LogP contribution is -2.28. The van der Waals surface area contributed by atoms with E-state index in [0.29, 0.717) is 28.6 Å². The number of rotatable bonds is 8. The summed E-state index contributed by atoms with van der Waals surface area (Å²) in [6, 6.07) is 18.8. The number of carbonyl (C=O) groups excluding carboxylic acids is 1. The molecular formula is C23H23ClN2O4S. The monoisotopic (exact) mass is 458 g/mol. The van der Waals surface area contributed by atoms with Crippen LogP contribution in [0.3, 0.4) is 0 Å². The second-order valence-corrected chi connectivity index (χ2v) is 9.21. The van der Waals surface area contributed by atoms with E-state index in [-0.39, 0.29) is 17.4 Å². The lowest BCUT2D eigenvalue weighted by atomic mass is 10.2. The Morgan fingerprint density at radius 3 is 2.29 bits per heavy atom. The first-order valence-electron chi connectivity index (χ1n) is 9.57.